The van der Waals surface area contributed by atoms with Crippen LogP contribution in [0.2, 0.25) is 10.0 Å². The van der Waals surface area contributed by atoms with E-state index in [-0.39, 0.29) is 23.6 Å². The van der Waals surface area contributed by atoms with E-state index in [9.17, 15) is 18.0 Å². The van der Waals surface area contributed by atoms with E-state index in [0.29, 0.717) is 27.4 Å². The highest BCUT2D eigenvalue weighted by atomic mass is 35.5. The molecule has 0 atom stereocenters. The maximum Gasteiger partial charge on any atom is 0.417 e. The Morgan fingerprint density at radius 3 is 2.34 bits per heavy atom. The molecule has 3 aromatic carbocycles. The molecule has 0 spiro atoms. The van der Waals surface area contributed by atoms with Crippen LogP contribution in [0.5, 0.6) is 0 Å². The van der Waals surface area contributed by atoms with Crippen molar-refractivity contribution in [1.82, 2.24) is 4.98 Å². The predicted molar refractivity (Wildman–Crippen MR) is 148 cm³/mol. The van der Waals surface area contributed by atoms with Crippen LogP contribution in [0.1, 0.15) is 48.2 Å². The normalized spacial score (nSPS) is 12.7. The molecule has 1 aromatic heterocycles. The van der Waals surface area contributed by atoms with Gasteiger partial charge in [0.15, 0.2) is 0 Å². The number of H-pyrrole nitrogens is 1. The van der Waals surface area contributed by atoms with Gasteiger partial charge in [-0.15, -0.1) is 0 Å². The summed E-state index contributed by atoms with van der Waals surface area (Å²) >= 11 is 12.8. The molecule has 38 heavy (non-hydrogen) atoms. The van der Waals surface area contributed by atoms with Gasteiger partial charge in [0.05, 0.1) is 22.9 Å². The summed E-state index contributed by atoms with van der Waals surface area (Å²) in [4.78, 5) is 15.0. The van der Waals surface area contributed by atoms with Crippen molar-refractivity contribution in [2.45, 2.75) is 26.4 Å². The molecule has 4 rings (SSSR count). The van der Waals surface area contributed by atoms with E-state index in [0.717, 1.165) is 22.5 Å². The lowest BCUT2D eigenvalue weighted by Gasteiger charge is -2.20. The van der Waals surface area contributed by atoms with Gasteiger partial charge in [-0.3, -0.25) is 0 Å². The van der Waals surface area contributed by atoms with Crippen molar-refractivity contribution in [3.05, 3.63) is 111 Å². The molecule has 0 radical (unpaired) electrons. The van der Waals surface area contributed by atoms with Crippen LogP contribution in [0.25, 0.3) is 28.1 Å². The molecule has 0 saturated carbocycles. The topological polar surface area (TPSA) is 42.1 Å². The van der Waals surface area contributed by atoms with Crippen LogP contribution in [-0.4, -0.2) is 17.6 Å². The highest BCUT2D eigenvalue weighted by molar-refractivity contribution is 6.38. The number of carbonyl (C=O) groups excluding carboxylic acids is 1. The fourth-order valence-corrected chi connectivity index (χ4v) is 4.86. The third kappa shape index (κ3) is 5.82. The third-order valence-electron chi connectivity index (χ3n) is 6.06. The van der Waals surface area contributed by atoms with Crippen molar-refractivity contribution in [3.8, 4) is 0 Å². The van der Waals surface area contributed by atoms with Crippen LogP contribution in [0, 0.1) is 0 Å². The summed E-state index contributed by atoms with van der Waals surface area (Å²) in [6.45, 7) is 3.79. The van der Waals surface area contributed by atoms with Crippen LogP contribution in [0.4, 0.5) is 13.2 Å². The van der Waals surface area contributed by atoms with E-state index < -0.39 is 17.7 Å². The van der Waals surface area contributed by atoms with Gasteiger partial charge in [-0.05, 0) is 59.9 Å². The molecule has 0 fully saturated rings. The van der Waals surface area contributed by atoms with Crippen molar-refractivity contribution in [3.63, 3.8) is 0 Å². The first-order valence-electron chi connectivity index (χ1n) is 12.0. The summed E-state index contributed by atoms with van der Waals surface area (Å²) in [5.41, 5.74) is 2.88. The number of para-hydroxylation sites is 1. The Balaban J connectivity index is 1.97. The zero-order chi connectivity index (χ0) is 27.4. The lowest BCUT2D eigenvalue weighted by molar-refractivity contribution is -0.138. The first-order valence-corrected chi connectivity index (χ1v) is 12.7. The van der Waals surface area contributed by atoms with Crippen molar-refractivity contribution in [2.24, 2.45) is 0 Å². The highest BCUT2D eigenvalue weighted by Crippen LogP contribution is 2.44. The van der Waals surface area contributed by atoms with E-state index in [2.05, 4.69) is 4.98 Å². The van der Waals surface area contributed by atoms with Gasteiger partial charge in [0, 0.05) is 27.6 Å². The Bertz CT molecular complexity index is 1530. The molecule has 0 aliphatic carbocycles. The number of hydrogen-bond acceptors (Lipinski definition) is 2. The van der Waals surface area contributed by atoms with Gasteiger partial charge in [0.2, 0.25) is 0 Å². The van der Waals surface area contributed by atoms with Crippen LogP contribution >= 0.6 is 23.2 Å². The summed E-state index contributed by atoms with van der Waals surface area (Å²) in [7, 11) is 0. The highest BCUT2D eigenvalue weighted by Gasteiger charge is 2.35. The molecule has 0 amide bonds. The fraction of sp³-hybridized carbons (Fsp3) is 0.167. The van der Waals surface area contributed by atoms with Gasteiger partial charge in [-0.25, -0.2) is 4.79 Å². The predicted octanol–water partition coefficient (Wildman–Crippen LogP) is 9.44. The van der Waals surface area contributed by atoms with E-state index in [4.69, 9.17) is 27.9 Å². The summed E-state index contributed by atoms with van der Waals surface area (Å²) in [6, 6.07) is 18.4. The number of esters is 1. The molecule has 0 bridgehead atoms. The third-order valence-corrected chi connectivity index (χ3v) is 6.69. The quantitative estimate of drug-likeness (QED) is 0.140. The molecule has 196 valence electrons. The number of aromatic amines is 1. The second kappa shape index (κ2) is 11.5. The number of alkyl halides is 3. The summed E-state index contributed by atoms with van der Waals surface area (Å²) < 4.78 is 47.3. The van der Waals surface area contributed by atoms with Gasteiger partial charge in [-0.2, -0.15) is 13.2 Å². The minimum Gasteiger partial charge on any atom is -0.463 e. The van der Waals surface area contributed by atoms with E-state index >= 15 is 0 Å². The number of nitrogens with one attached hydrogen (secondary N) is 1. The second-order valence-corrected chi connectivity index (χ2v) is 9.28. The number of hydrogen-bond donors (Lipinski definition) is 1. The average Bonchev–Trinajstić information content (AvgIpc) is 3.22. The molecule has 1 N–H and O–H groups in total. The van der Waals surface area contributed by atoms with Crippen molar-refractivity contribution < 1.29 is 22.7 Å². The SMILES string of the molecule is CCOC(=O)/C=C/c1ccc(/C(=C(/CC)c2ccc(Cl)cc2C(F)(F)F)c2[nH]c3ccccc3c2Cl)cc1. The second-order valence-electron chi connectivity index (χ2n) is 8.46. The molecule has 0 aliphatic heterocycles. The molecule has 0 saturated heterocycles. The van der Waals surface area contributed by atoms with Gasteiger partial charge in [-0.1, -0.05) is 78.7 Å². The van der Waals surface area contributed by atoms with E-state index in [1.54, 1.807) is 44.2 Å². The van der Waals surface area contributed by atoms with Crippen LogP contribution < -0.4 is 0 Å². The zero-order valence-electron chi connectivity index (χ0n) is 20.6. The number of benzene rings is 3. The van der Waals surface area contributed by atoms with Gasteiger partial charge >= 0.3 is 12.1 Å². The molecule has 0 aliphatic rings. The first-order chi connectivity index (χ1) is 18.1. The summed E-state index contributed by atoms with van der Waals surface area (Å²) in [5, 5.41) is 1.17. The molecular formula is C30H24Cl2F3NO2. The van der Waals surface area contributed by atoms with E-state index in [1.807, 2.05) is 24.3 Å². The Hall–Kier alpha value is -3.48. The molecule has 0 unspecified atom stereocenters. The zero-order valence-corrected chi connectivity index (χ0v) is 22.1. The summed E-state index contributed by atoms with van der Waals surface area (Å²) in [5.74, 6) is -0.460. The average molecular weight is 558 g/mol. The lowest BCUT2D eigenvalue weighted by atomic mass is 9.88. The molecule has 1 heterocycles. The Morgan fingerprint density at radius 1 is 1.00 bits per heavy atom. The number of ether oxygens (including phenoxy) is 1. The van der Waals surface area contributed by atoms with Crippen molar-refractivity contribution in [1.29, 1.82) is 0 Å². The number of allylic oxidation sites excluding steroid dienone is 1. The molecule has 8 heteroatoms. The minimum atomic E-state index is -4.61. The van der Waals surface area contributed by atoms with E-state index in [1.165, 1.54) is 18.2 Å². The maximum atomic E-state index is 14.1. The summed E-state index contributed by atoms with van der Waals surface area (Å²) in [6.07, 6.45) is -1.39. The van der Waals surface area contributed by atoms with Gasteiger partial charge < -0.3 is 9.72 Å². The Labute approximate surface area is 228 Å². The molecular weight excluding hydrogens is 534 g/mol. The number of halogens is 5. The molecule has 4 aromatic rings. The fourth-order valence-electron chi connectivity index (χ4n) is 4.38. The molecule has 3 nitrogen and oxygen atoms in total. The maximum absolute atomic E-state index is 14.1. The van der Waals surface area contributed by atoms with Crippen LogP contribution in [-0.2, 0) is 15.7 Å². The number of carbonyl (C=O) groups is 1. The largest absolute Gasteiger partial charge is 0.463 e. The van der Waals surface area contributed by atoms with Crippen LogP contribution in [0.3, 0.4) is 0 Å². The van der Waals surface area contributed by atoms with Crippen LogP contribution in [0.15, 0.2) is 72.8 Å². The Kier molecular flexibility index (Phi) is 8.34. The number of rotatable bonds is 7. The number of aromatic nitrogens is 1. The Morgan fingerprint density at radius 2 is 1.71 bits per heavy atom. The minimum absolute atomic E-state index is 0.000498. The smallest absolute Gasteiger partial charge is 0.417 e. The van der Waals surface area contributed by atoms with Crippen molar-refractivity contribution >= 4 is 57.3 Å². The standard InChI is InChI=1S/C30H24Cl2F3NO2/c1-3-21(22-15-14-20(31)17-24(22)30(33,34)35)27(29-28(32)23-7-5-6-8-25(23)36-29)19-12-9-18(10-13-19)11-16-26(37)38-4-2/h5-17,36H,3-4H2,1-2H3/b16-11+,27-21+. The first kappa shape index (κ1) is 27.6. The van der Waals surface area contributed by atoms with Gasteiger partial charge in [0.25, 0.3) is 0 Å². The van der Waals surface area contributed by atoms with Gasteiger partial charge in [0.1, 0.15) is 0 Å². The number of fused-ring (bicyclic) bond motifs is 1. The monoisotopic (exact) mass is 557 g/mol. The van der Waals surface area contributed by atoms with Crippen molar-refractivity contribution in [2.75, 3.05) is 6.61 Å². The lowest BCUT2D eigenvalue weighted by Crippen LogP contribution is -2.10.